The first kappa shape index (κ1) is 15.4. The smallest absolute Gasteiger partial charge is 0.307 e. The van der Waals surface area contributed by atoms with E-state index in [1.54, 1.807) is 37.5 Å². The maximum Gasteiger partial charge on any atom is 0.307 e. The Labute approximate surface area is 127 Å². The number of carboxylic acids is 1. The number of ether oxygens (including phenoxy) is 1. The average Bonchev–Trinajstić information content (AvgIpc) is 2.47. The number of nitrogens with one attached hydrogen (secondary N) is 1. The van der Waals surface area contributed by atoms with Gasteiger partial charge >= 0.3 is 5.97 Å². The molecule has 0 saturated heterocycles. The number of carbonyl (C=O) groups is 2. The van der Waals surface area contributed by atoms with Gasteiger partial charge in [-0.15, -0.1) is 0 Å². The van der Waals surface area contributed by atoms with Gasteiger partial charge in [-0.25, -0.2) is 0 Å². The summed E-state index contributed by atoms with van der Waals surface area (Å²) in [6.45, 7) is 0. The third kappa shape index (κ3) is 3.76. The van der Waals surface area contributed by atoms with Crippen molar-refractivity contribution in [3.05, 3.63) is 35.4 Å². The van der Waals surface area contributed by atoms with Crippen molar-refractivity contribution in [2.45, 2.75) is 12.8 Å². The van der Waals surface area contributed by atoms with Gasteiger partial charge in [-0.3, -0.25) is 9.59 Å². The zero-order chi connectivity index (χ0) is 15.4. The molecular formula is C15H16ClNO4. The number of aliphatic carboxylic acids is 1. The highest BCUT2D eigenvalue weighted by Gasteiger charge is 2.36. The fraction of sp³-hybridized carbons (Fsp3) is 0.333. The van der Waals surface area contributed by atoms with E-state index in [4.69, 9.17) is 16.3 Å². The van der Waals surface area contributed by atoms with E-state index in [2.05, 4.69) is 5.32 Å². The third-order valence-corrected chi connectivity index (χ3v) is 3.81. The van der Waals surface area contributed by atoms with Crippen LogP contribution < -0.4 is 10.1 Å². The van der Waals surface area contributed by atoms with E-state index < -0.39 is 17.8 Å². The molecule has 6 heteroatoms. The Hall–Kier alpha value is -2.01. The highest BCUT2D eigenvalue weighted by atomic mass is 35.5. The number of allylic oxidation sites excluding steroid dienone is 2. The largest absolute Gasteiger partial charge is 0.497 e. The molecule has 0 saturated carbocycles. The Kier molecular flexibility index (Phi) is 4.85. The number of amides is 1. The predicted molar refractivity (Wildman–Crippen MR) is 79.4 cm³/mol. The Bertz CT molecular complexity index is 568. The monoisotopic (exact) mass is 309 g/mol. The summed E-state index contributed by atoms with van der Waals surface area (Å²) in [6, 6.07) is 6.84. The van der Waals surface area contributed by atoms with Gasteiger partial charge in [0.2, 0.25) is 5.91 Å². The molecular weight excluding hydrogens is 294 g/mol. The molecule has 112 valence electrons. The minimum Gasteiger partial charge on any atom is -0.497 e. The van der Waals surface area contributed by atoms with Crippen LogP contribution in [0.1, 0.15) is 12.8 Å². The van der Waals surface area contributed by atoms with Gasteiger partial charge in [-0.2, -0.15) is 0 Å². The second kappa shape index (κ2) is 6.63. The lowest BCUT2D eigenvalue weighted by molar-refractivity contribution is -0.146. The van der Waals surface area contributed by atoms with Crippen LogP contribution in [0.15, 0.2) is 35.4 Å². The summed E-state index contributed by atoms with van der Waals surface area (Å²) >= 11 is 5.94. The summed E-state index contributed by atoms with van der Waals surface area (Å²) in [6.07, 6.45) is 2.19. The first-order chi connectivity index (χ1) is 10.0. The van der Waals surface area contributed by atoms with Crippen molar-refractivity contribution in [2.75, 3.05) is 12.4 Å². The number of halogens is 1. The van der Waals surface area contributed by atoms with Crippen LogP contribution in [0.25, 0.3) is 0 Å². The topological polar surface area (TPSA) is 75.6 Å². The number of carboxylic acid groups (broad SMARTS) is 1. The molecule has 0 radical (unpaired) electrons. The molecule has 0 spiro atoms. The number of anilines is 1. The zero-order valence-electron chi connectivity index (χ0n) is 11.5. The second-order valence-electron chi connectivity index (χ2n) is 4.86. The lowest BCUT2D eigenvalue weighted by atomic mass is 9.82. The van der Waals surface area contributed by atoms with Crippen molar-refractivity contribution < 1.29 is 19.4 Å². The van der Waals surface area contributed by atoms with Gasteiger partial charge < -0.3 is 15.2 Å². The number of rotatable bonds is 4. The van der Waals surface area contributed by atoms with Gasteiger partial charge in [0, 0.05) is 10.7 Å². The molecule has 1 aliphatic carbocycles. The molecule has 0 fully saturated rings. The summed E-state index contributed by atoms with van der Waals surface area (Å²) in [4.78, 5) is 23.5. The van der Waals surface area contributed by atoms with Gasteiger partial charge in [0.25, 0.3) is 0 Å². The van der Waals surface area contributed by atoms with Crippen molar-refractivity contribution in [3.63, 3.8) is 0 Å². The van der Waals surface area contributed by atoms with Crippen LogP contribution in [0.3, 0.4) is 0 Å². The van der Waals surface area contributed by atoms with E-state index in [0.29, 0.717) is 16.5 Å². The number of hydrogen-bond donors (Lipinski definition) is 2. The van der Waals surface area contributed by atoms with Crippen LogP contribution in [0.4, 0.5) is 5.69 Å². The van der Waals surface area contributed by atoms with Crippen LogP contribution in [0.2, 0.25) is 0 Å². The molecule has 1 aliphatic rings. The molecule has 0 aliphatic heterocycles. The molecule has 0 aromatic heterocycles. The maximum absolute atomic E-state index is 12.3. The van der Waals surface area contributed by atoms with Gasteiger partial charge in [0.05, 0.1) is 18.9 Å². The first-order valence-electron chi connectivity index (χ1n) is 6.53. The first-order valence-corrected chi connectivity index (χ1v) is 6.91. The van der Waals surface area contributed by atoms with E-state index in [0.717, 1.165) is 0 Å². The normalized spacial score (nSPS) is 21.3. The quantitative estimate of drug-likeness (QED) is 0.896. The van der Waals surface area contributed by atoms with Crippen molar-refractivity contribution in [1.29, 1.82) is 0 Å². The van der Waals surface area contributed by atoms with Crippen molar-refractivity contribution >= 4 is 29.2 Å². The van der Waals surface area contributed by atoms with E-state index in [9.17, 15) is 14.7 Å². The molecule has 2 N–H and O–H groups in total. The lowest BCUT2D eigenvalue weighted by Crippen LogP contribution is -2.35. The van der Waals surface area contributed by atoms with E-state index in [1.165, 1.54) is 0 Å². The summed E-state index contributed by atoms with van der Waals surface area (Å²) < 4.78 is 5.04. The molecule has 2 atom stereocenters. The molecule has 0 unspecified atom stereocenters. The zero-order valence-corrected chi connectivity index (χ0v) is 12.3. The summed E-state index contributed by atoms with van der Waals surface area (Å²) in [5.41, 5.74) is 0.593. The van der Waals surface area contributed by atoms with Gasteiger partial charge in [-0.1, -0.05) is 17.7 Å². The van der Waals surface area contributed by atoms with E-state index >= 15 is 0 Å². The van der Waals surface area contributed by atoms with Gasteiger partial charge in [0.1, 0.15) is 5.75 Å². The number of carbonyl (C=O) groups excluding carboxylic acids is 1. The maximum atomic E-state index is 12.3. The minimum absolute atomic E-state index is 0.251. The molecule has 1 aromatic carbocycles. The van der Waals surface area contributed by atoms with Gasteiger partial charge in [0.15, 0.2) is 0 Å². The molecule has 21 heavy (non-hydrogen) atoms. The molecule has 1 amide bonds. The van der Waals surface area contributed by atoms with E-state index in [-0.39, 0.29) is 18.7 Å². The highest BCUT2D eigenvalue weighted by Crippen LogP contribution is 2.32. The minimum atomic E-state index is -0.981. The van der Waals surface area contributed by atoms with E-state index in [1.807, 2.05) is 0 Å². The van der Waals surface area contributed by atoms with Gasteiger partial charge in [-0.05, 0) is 37.1 Å². The van der Waals surface area contributed by atoms with Crippen LogP contribution in [0, 0.1) is 11.8 Å². The lowest BCUT2D eigenvalue weighted by Gasteiger charge is -2.25. The highest BCUT2D eigenvalue weighted by molar-refractivity contribution is 6.29. The number of hydrogen-bond acceptors (Lipinski definition) is 3. The van der Waals surface area contributed by atoms with Crippen molar-refractivity contribution in [3.8, 4) is 5.75 Å². The standard InChI is InChI=1S/C15H16ClNO4/c1-21-11-5-3-10(4-6-11)17-14(18)13-8-9(16)2-7-12(13)15(19)20/h2-6,12-13H,7-8H2,1H3,(H,17,18)(H,19,20)/t12-,13-/m0/s1. The van der Waals surface area contributed by atoms with Crippen LogP contribution in [-0.4, -0.2) is 24.1 Å². The number of benzene rings is 1. The Morgan fingerprint density at radius 1 is 1.29 bits per heavy atom. The fourth-order valence-electron chi connectivity index (χ4n) is 2.31. The molecule has 2 rings (SSSR count). The van der Waals surface area contributed by atoms with Crippen LogP contribution in [0.5, 0.6) is 5.75 Å². The summed E-state index contributed by atoms with van der Waals surface area (Å²) in [5, 5.41) is 12.5. The number of methoxy groups -OCH3 is 1. The predicted octanol–water partition coefficient (Wildman–Crippen LogP) is 2.87. The SMILES string of the molecule is COc1ccc(NC(=O)[C@H]2CC(Cl)=CC[C@@H]2C(=O)O)cc1. The second-order valence-corrected chi connectivity index (χ2v) is 5.35. The molecule has 1 aromatic rings. The third-order valence-electron chi connectivity index (χ3n) is 3.51. The molecule has 0 bridgehead atoms. The fourth-order valence-corrected chi connectivity index (χ4v) is 2.57. The Morgan fingerprint density at radius 3 is 2.52 bits per heavy atom. The van der Waals surface area contributed by atoms with Crippen LogP contribution in [-0.2, 0) is 9.59 Å². The molecule has 5 nitrogen and oxygen atoms in total. The van der Waals surface area contributed by atoms with Crippen LogP contribution >= 0.6 is 11.6 Å². The van der Waals surface area contributed by atoms with Crippen molar-refractivity contribution in [2.24, 2.45) is 11.8 Å². The Morgan fingerprint density at radius 2 is 1.95 bits per heavy atom. The Balaban J connectivity index is 2.10. The molecule has 0 heterocycles. The summed E-state index contributed by atoms with van der Waals surface area (Å²) in [5.74, 6) is -2.04. The van der Waals surface area contributed by atoms with Crippen molar-refractivity contribution in [1.82, 2.24) is 0 Å². The summed E-state index contributed by atoms with van der Waals surface area (Å²) in [7, 11) is 1.56. The average molecular weight is 310 g/mol.